The van der Waals surface area contributed by atoms with Crippen LogP contribution in [0.5, 0.6) is 5.75 Å². The highest BCUT2D eigenvalue weighted by Gasteiger charge is 2.24. The molecule has 1 aliphatic rings. The minimum Gasteiger partial charge on any atom is -0.497 e. The SMILES string of the molecule is COc1cccc([C@H](CNC(=O)Nc2nccs2)N2CCCC2)c1. The van der Waals surface area contributed by atoms with Crippen molar-refractivity contribution in [1.29, 1.82) is 0 Å². The Labute approximate surface area is 145 Å². The molecule has 6 nitrogen and oxygen atoms in total. The van der Waals surface area contributed by atoms with Crippen LogP contribution in [0.4, 0.5) is 9.93 Å². The zero-order valence-electron chi connectivity index (χ0n) is 13.7. The van der Waals surface area contributed by atoms with Crippen LogP contribution < -0.4 is 15.4 Å². The van der Waals surface area contributed by atoms with E-state index in [1.54, 1.807) is 13.3 Å². The van der Waals surface area contributed by atoms with Gasteiger partial charge in [-0.05, 0) is 43.6 Å². The number of ether oxygens (including phenoxy) is 1. The van der Waals surface area contributed by atoms with E-state index in [0.29, 0.717) is 11.7 Å². The van der Waals surface area contributed by atoms with Gasteiger partial charge in [-0.3, -0.25) is 10.2 Å². The van der Waals surface area contributed by atoms with Gasteiger partial charge >= 0.3 is 6.03 Å². The number of nitrogens with one attached hydrogen (secondary N) is 2. The van der Waals surface area contributed by atoms with Gasteiger partial charge in [0.05, 0.1) is 13.2 Å². The Morgan fingerprint density at radius 1 is 1.42 bits per heavy atom. The summed E-state index contributed by atoms with van der Waals surface area (Å²) in [5.41, 5.74) is 1.16. The molecule has 1 fully saturated rings. The highest BCUT2D eigenvalue weighted by atomic mass is 32.1. The van der Waals surface area contributed by atoms with E-state index < -0.39 is 0 Å². The van der Waals surface area contributed by atoms with Crippen LogP contribution in [0.25, 0.3) is 0 Å². The molecule has 0 spiro atoms. The van der Waals surface area contributed by atoms with Crippen LogP contribution in [0.2, 0.25) is 0 Å². The van der Waals surface area contributed by atoms with Gasteiger partial charge in [0.1, 0.15) is 5.75 Å². The Hall–Kier alpha value is -2.12. The van der Waals surface area contributed by atoms with Gasteiger partial charge in [0.2, 0.25) is 0 Å². The quantitative estimate of drug-likeness (QED) is 0.843. The summed E-state index contributed by atoms with van der Waals surface area (Å²) < 4.78 is 5.34. The summed E-state index contributed by atoms with van der Waals surface area (Å²) in [6.07, 6.45) is 4.07. The Balaban J connectivity index is 1.66. The van der Waals surface area contributed by atoms with Crippen molar-refractivity contribution in [2.24, 2.45) is 0 Å². The molecule has 128 valence electrons. The summed E-state index contributed by atoms with van der Waals surface area (Å²) in [4.78, 5) is 18.6. The number of urea groups is 1. The molecule has 1 saturated heterocycles. The van der Waals surface area contributed by atoms with E-state index >= 15 is 0 Å². The predicted molar refractivity (Wildman–Crippen MR) is 95.7 cm³/mol. The third-order valence-electron chi connectivity index (χ3n) is 4.17. The van der Waals surface area contributed by atoms with Crippen LogP contribution in [0.1, 0.15) is 24.4 Å². The molecule has 24 heavy (non-hydrogen) atoms. The fourth-order valence-corrected chi connectivity index (χ4v) is 3.50. The maximum Gasteiger partial charge on any atom is 0.321 e. The number of likely N-dealkylation sites (tertiary alicyclic amines) is 1. The third kappa shape index (κ3) is 4.24. The lowest BCUT2D eigenvalue weighted by Crippen LogP contribution is -2.38. The number of rotatable bonds is 6. The Kier molecular flexibility index (Phi) is 5.66. The molecular formula is C17H22N4O2S. The van der Waals surface area contributed by atoms with Crippen LogP contribution in [-0.4, -0.2) is 42.7 Å². The smallest absolute Gasteiger partial charge is 0.321 e. The highest BCUT2D eigenvalue weighted by Crippen LogP contribution is 2.27. The minimum atomic E-state index is -0.225. The zero-order chi connectivity index (χ0) is 16.8. The lowest BCUT2D eigenvalue weighted by Gasteiger charge is -2.28. The van der Waals surface area contributed by atoms with Gasteiger partial charge in [0.15, 0.2) is 5.13 Å². The fourth-order valence-electron chi connectivity index (χ4n) is 2.98. The molecule has 7 heteroatoms. The number of hydrogen-bond donors (Lipinski definition) is 2. The van der Waals surface area contributed by atoms with Crippen molar-refractivity contribution < 1.29 is 9.53 Å². The first-order valence-electron chi connectivity index (χ1n) is 8.08. The average Bonchev–Trinajstić information content (AvgIpc) is 3.29. The summed E-state index contributed by atoms with van der Waals surface area (Å²) in [5, 5.41) is 8.16. The topological polar surface area (TPSA) is 66.5 Å². The van der Waals surface area contributed by atoms with Crippen LogP contribution >= 0.6 is 11.3 Å². The molecule has 1 aromatic carbocycles. The first-order chi connectivity index (χ1) is 11.8. The normalized spacial score (nSPS) is 15.9. The predicted octanol–water partition coefficient (Wildman–Crippen LogP) is 3.11. The lowest BCUT2D eigenvalue weighted by atomic mass is 10.1. The molecule has 0 radical (unpaired) electrons. The maximum absolute atomic E-state index is 12.1. The number of carbonyl (C=O) groups is 1. The minimum absolute atomic E-state index is 0.143. The number of hydrogen-bond acceptors (Lipinski definition) is 5. The second kappa shape index (κ2) is 8.12. The van der Waals surface area contributed by atoms with Crippen LogP contribution in [-0.2, 0) is 0 Å². The van der Waals surface area contributed by atoms with Crippen molar-refractivity contribution in [3.63, 3.8) is 0 Å². The van der Waals surface area contributed by atoms with E-state index in [2.05, 4.69) is 26.6 Å². The second-order valence-electron chi connectivity index (χ2n) is 5.71. The van der Waals surface area contributed by atoms with Crippen LogP contribution in [0, 0.1) is 0 Å². The summed E-state index contributed by atoms with van der Waals surface area (Å²) in [5.74, 6) is 0.837. The van der Waals surface area contributed by atoms with Crippen molar-refractivity contribution in [2.45, 2.75) is 18.9 Å². The summed E-state index contributed by atoms with van der Waals surface area (Å²) in [6, 6.07) is 7.98. The standard InChI is InChI=1S/C17H22N4O2S/c1-23-14-6-4-5-13(11-14)15(21-8-2-3-9-21)12-19-16(22)20-17-18-7-10-24-17/h4-7,10-11,15H,2-3,8-9,12H2,1H3,(H2,18,19,20,22)/t15-/m0/s1. The van der Waals surface area contributed by atoms with Crippen molar-refractivity contribution in [3.8, 4) is 5.75 Å². The van der Waals surface area contributed by atoms with E-state index in [4.69, 9.17) is 4.74 Å². The molecule has 0 bridgehead atoms. The van der Waals surface area contributed by atoms with Crippen LogP contribution in [0.3, 0.4) is 0 Å². The zero-order valence-corrected chi connectivity index (χ0v) is 14.5. The van der Waals surface area contributed by atoms with E-state index in [-0.39, 0.29) is 12.1 Å². The van der Waals surface area contributed by atoms with Gasteiger partial charge < -0.3 is 10.1 Å². The van der Waals surface area contributed by atoms with Crippen molar-refractivity contribution >= 4 is 22.5 Å². The molecule has 0 unspecified atom stereocenters. The number of thiazole rings is 1. The van der Waals surface area contributed by atoms with Crippen molar-refractivity contribution in [2.75, 3.05) is 32.1 Å². The summed E-state index contributed by atoms with van der Waals surface area (Å²) in [6.45, 7) is 2.65. The Morgan fingerprint density at radius 2 is 2.25 bits per heavy atom. The largest absolute Gasteiger partial charge is 0.497 e. The van der Waals surface area contributed by atoms with Gasteiger partial charge in [0.25, 0.3) is 0 Å². The van der Waals surface area contributed by atoms with E-state index in [1.165, 1.54) is 24.2 Å². The third-order valence-corrected chi connectivity index (χ3v) is 4.86. The molecule has 2 heterocycles. The maximum atomic E-state index is 12.1. The van der Waals surface area contributed by atoms with Crippen molar-refractivity contribution in [1.82, 2.24) is 15.2 Å². The van der Waals surface area contributed by atoms with Crippen LogP contribution in [0.15, 0.2) is 35.8 Å². The van der Waals surface area contributed by atoms with E-state index in [0.717, 1.165) is 24.4 Å². The number of anilines is 1. The van der Waals surface area contributed by atoms with Gasteiger partial charge in [-0.25, -0.2) is 9.78 Å². The number of nitrogens with zero attached hydrogens (tertiary/aromatic N) is 2. The molecule has 2 amide bonds. The van der Waals surface area contributed by atoms with E-state index in [9.17, 15) is 4.79 Å². The first kappa shape index (κ1) is 16.7. The van der Waals surface area contributed by atoms with Gasteiger partial charge in [-0.15, -0.1) is 11.3 Å². The molecule has 0 saturated carbocycles. The average molecular weight is 346 g/mol. The molecule has 0 aliphatic carbocycles. The fraction of sp³-hybridized carbons (Fsp3) is 0.412. The van der Waals surface area contributed by atoms with Gasteiger partial charge in [-0.2, -0.15) is 0 Å². The first-order valence-corrected chi connectivity index (χ1v) is 8.96. The number of carbonyl (C=O) groups excluding carboxylic acids is 1. The Bertz CT molecular complexity index is 656. The summed E-state index contributed by atoms with van der Waals surface area (Å²) in [7, 11) is 1.67. The lowest BCUT2D eigenvalue weighted by molar-refractivity contribution is 0.227. The van der Waals surface area contributed by atoms with Gasteiger partial charge in [0, 0.05) is 18.1 Å². The number of amides is 2. The number of methoxy groups -OCH3 is 1. The Morgan fingerprint density at radius 3 is 2.96 bits per heavy atom. The molecule has 2 N–H and O–H groups in total. The van der Waals surface area contributed by atoms with E-state index in [1.807, 2.05) is 23.6 Å². The second-order valence-corrected chi connectivity index (χ2v) is 6.60. The molecular weight excluding hydrogens is 324 g/mol. The monoisotopic (exact) mass is 346 g/mol. The molecule has 1 aromatic heterocycles. The van der Waals surface area contributed by atoms with Gasteiger partial charge in [-0.1, -0.05) is 12.1 Å². The highest BCUT2D eigenvalue weighted by molar-refractivity contribution is 7.13. The molecule has 2 aromatic rings. The molecule has 1 aliphatic heterocycles. The molecule has 3 rings (SSSR count). The number of benzene rings is 1. The van der Waals surface area contributed by atoms with Crippen molar-refractivity contribution in [3.05, 3.63) is 41.4 Å². The molecule has 1 atom stereocenters. The summed E-state index contributed by atoms with van der Waals surface area (Å²) >= 11 is 1.40. The number of aromatic nitrogens is 1.